The topological polar surface area (TPSA) is 13.1 Å². The Morgan fingerprint density at radius 2 is 0.889 bits per heavy atom. The van der Waals surface area contributed by atoms with Gasteiger partial charge in [-0.05, 0) is 107 Å². The number of rotatable bonds is 3. The van der Waals surface area contributed by atoms with Gasteiger partial charge in [0, 0.05) is 30.9 Å². The molecule has 12 aromatic rings. The molecule has 2 heteroatoms. The predicted molar refractivity (Wildman–Crippen MR) is 233 cm³/mol. The molecule has 2 heterocycles. The number of thiophene rings is 1. The van der Waals surface area contributed by atoms with Crippen molar-refractivity contribution in [3.8, 4) is 33.4 Å². The summed E-state index contributed by atoms with van der Waals surface area (Å²) < 4.78 is 9.09. The van der Waals surface area contributed by atoms with Crippen LogP contribution < -0.4 is 0 Å². The zero-order chi connectivity index (χ0) is 35.3. The van der Waals surface area contributed by atoms with Crippen molar-refractivity contribution in [1.29, 1.82) is 0 Å². The van der Waals surface area contributed by atoms with Crippen LogP contribution in [-0.4, -0.2) is 0 Å². The van der Waals surface area contributed by atoms with Crippen LogP contribution in [0.2, 0.25) is 0 Å². The molecule has 0 unspecified atom stereocenters. The highest BCUT2D eigenvalue weighted by atomic mass is 32.1. The van der Waals surface area contributed by atoms with Crippen molar-refractivity contribution < 1.29 is 4.42 Å². The molecule has 54 heavy (non-hydrogen) atoms. The summed E-state index contributed by atoms with van der Waals surface area (Å²) in [5.74, 6) is 0. The van der Waals surface area contributed by atoms with E-state index in [1.165, 1.54) is 107 Å². The average molecular weight is 703 g/mol. The van der Waals surface area contributed by atoms with Gasteiger partial charge in [0.2, 0.25) is 0 Å². The molecule has 0 aliphatic carbocycles. The van der Waals surface area contributed by atoms with Gasteiger partial charge in [0.15, 0.2) is 0 Å². The maximum absolute atomic E-state index is 6.57. The second kappa shape index (κ2) is 11.4. The second-order valence-corrected chi connectivity index (χ2v) is 15.4. The largest absolute Gasteiger partial charge is 0.455 e. The molecule has 10 aromatic carbocycles. The molecule has 0 spiro atoms. The fourth-order valence-corrected chi connectivity index (χ4v) is 10.2. The van der Waals surface area contributed by atoms with Gasteiger partial charge in [-0.1, -0.05) is 152 Å². The molecule has 1 nitrogen and oxygen atoms in total. The third-order valence-electron chi connectivity index (χ3n) is 11.4. The summed E-state index contributed by atoms with van der Waals surface area (Å²) in [6.45, 7) is 0. The van der Waals surface area contributed by atoms with E-state index >= 15 is 0 Å². The molecule has 12 rings (SSSR count). The lowest BCUT2D eigenvalue weighted by atomic mass is 9.85. The Hall–Kier alpha value is -6.74. The number of benzene rings is 10. The Balaban J connectivity index is 1.05. The van der Waals surface area contributed by atoms with Gasteiger partial charge in [-0.25, -0.2) is 0 Å². The van der Waals surface area contributed by atoms with Crippen LogP contribution in [0.25, 0.3) is 119 Å². The summed E-state index contributed by atoms with van der Waals surface area (Å²) >= 11 is 1.85. The minimum atomic E-state index is 0.934. The highest BCUT2D eigenvalue weighted by molar-refractivity contribution is 7.26. The number of hydrogen-bond acceptors (Lipinski definition) is 2. The molecule has 250 valence electrons. The van der Waals surface area contributed by atoms with Crippen molar-refractivity contribution in [2.45, 2.75) is 0 Å². The van der Waals surface area contributed by atoms with Crippen LogP contribution in [0.1, 0.15) is 0 Å². The van der Waals surface area contributed by atoms with E-state index in [0.717, 1.165) is 11.2 Å². The molecule has 0 bridgehead atoms. The minimum Gasteiger partial charge on any atom is -0.455 e. The molecule has 2 aromatic heterocycles. The van der Waals surface area contributed by atoms with Crippen LogP contribution in [0.5, 0.6) is 0 Å². The maximum Gasteiger partial charge on any atom is 0.144 e. The first-order valence-electron chi connectivity index (χ1n) is 18.5. The molecular formula is C52H30OS. The Labute approximate surface area is 314 Å². The Bertz CT molecular complexity index is 3430. The molecular weight excluding hydrogens is 673 g/mol. The Kier molecular flexibility index (Phi) is 6.28. The zero-order valence-electron chi connectivity index (χ0n) is 29.1. The van der Waals surface area contributed by atoms with Gasteiger partial charge < -0.3 is 4.42 Å². The first-order chi connectivity index (χ1) is 26.8. The van der Waals surface area contributed by atoms with E-state index in [1.807, 2.05) is 17.4 Å². The summed E-state index contributed by atoms with van der Waals surface area (Å²) in [6, 6.07) is 66.7. The third-order valence-corrected chi connectivity index (χ3v) is 12.5. The molecule has 0 saturated carbocycles. The van der Waals surface area contributed by atoms with Crippen molar-refractivity contribution >= 4 is 96.5 Å². The van der Waals surface area contributed by atoms with Gasteiger partial charge in [0.05, 0.1) is 0 Å². The zero-order valence-corrected chi connectivity index (χ0v) is 30.0. The van der Waals surface area contributed by atoms with Crippen LogP contribution in [0.4, 0.5) is 0 Å². The van der Waals surface area contributed by atoms with E-state index in [1.54, 1.807) is 0 Å². The number of furan rings is 1. The van der Waals surface area contributed by atoms with E-state index in [2.05, 4.69) is 176 Å². The summed E-state index contributed by atoms with van der Waals surface area (Å²) in [5.41, 5.74) is 9.40. The van der Waals surface area contributed by atoms with Gasteiger partial charge in [-0.15, -0.1) is 11.3 Å². The van der Waals surface area contributed by atoms with Crippen LogP contribution in [-0.2, 0) is 0 Å². The van der Waals surface area contributed by atoms with Gasteiger partial charge in [0.25, 0.3) is 0 Å². The fraction of sp³-hybridized carbons (Fsp3) is 0. The van der Waals surface area contributed by atoms with E-state index in [0.29, 0.717) is 0 Å². The molecule has 0 amide bonds. The summed E-state index contributed by atoms with van der Waals surface area (Å²) in [6.07, 6.45) is 0. The monoisotopic (exact) mass is 702 g/mol. The second-order valence-electron chi connectivity index (χ2n) is 14.3. The number of hydrogen-bond donors (Lipinski definition) is 0. The van der Waals surface area contributed by atoms with Crippen molar-refractivity contribution in [2.75, 3.05) is 0 Å². The maximum atomic E-state index is 6.57. The smallest absolute Gasteiger partial charge is 0.144 e. The highest BCUT2D eigenvalue weighted by Crippen LogP contribution is 2.48. The molecule has 0 aliphatic rings. The van der Waals surface area contributed by atoms with Crippen LogP contribution >= 0.6 is 11.3 Å². The molecule has 0 atom stereocenters. The standard InChI is InChI=1S/C52H30OS/c1-2-12-34-29-35(26-21-31(34)11-1)49-41-18-7-5-16-39(41)48(40-17-6-8-19-42(40)49)33-24-22-32(23-25-33)44-30-47-50(38-15-4-3-13-36(38)44)51-46(54-47)28-27-43-37-14-9-10-20-45(37)53-52(43)51/h1-30H. The molecule has 0 aliphatic heterocycles. The lowest BCUT2D eigenvalue weighted by Gasteiger charge is -2.18. The predicted octanol–water partition coefficient (Wildman–Crippen LogP) is 15.6. The molecule has 0 N–H and O–H groups in total. The molecule has 0 saturated heterocycles. The lowest BCUT2D eigenvalue weighted by Crippen LogP contribution is -1.91. The quantitative estimate of drug-likeness (QED) is 0.167. The normalized spacial score (nSPS) is 12.1. The summed E-state index contributed by atoms with van der Waals surface area (Å²) in [4.78, 5) is 0. The van der Waals surface area contributed by atoms with Gasteiger partial charge in [-0.3, -0.25) is 0 Å². The summed E-state index contributed by atoms with van der Waals surface area (Å²) in [5, 5.41) is 14.9. The summed E-state index contributed by atoms with van der Waals surface area (Å²) in [7, 11) is 0. The fourth-order valence-electron chi connectivity index (χ4n) is 9.05. The van der Waals surface area contributed by atoms with E-state index in [4.69, 9.17) is 4.42 Å². The Morgan fingerprint density at radius 1 is 0.333 bits per heavy atom. The van der Waals surface area contributed by atoms with Crippen molar-refractivity contribution in [1.82, 2.24) is 0 Å². The van der Waals surface area contributed by atoms with Gasteiger partial charge >= 0.3 is 0 Å². The van der Waals surface area contributed by atoms with E-state index in [9.17, 15) is 0 Å². The van der Waals surface area contributed by atoms with E-state index in [-0.39, 0.29) is 0 Å². The highest BCUT2D eigenvalue weighted by Gasteiger charge is 2.20. The molecule has 0 radical (unpaired) electrons. The first-order valence-corrected chi connectivity index (χ1v) is 19.3. The molecule has 0 fully saturated rings. The van der Waals surface area contributed by atoms with Gasteiger partial charge in [-0.2, -0.15) is 0 Å². The first kappa shape index (κ1) is 29.8. The SMILES string of the molecule is c1ccc2cc(-c3c4ccccc4c(-c4ccc(-c5cc6sc7ccc8c9ccccc9oc8c7c6c6ccccc56)cc4)c4ccccc34)ccc2c1. The van der Waals surface area contributed by atoms with Crippen LogP contribution in [0.15, 0.2) is 186 Å². The number of para-hydroxylation sites is 1. The average Bonchev–Trinajstić information content (AvgIpc) is 3.81. The van der Waals surface area contributed by atoms with Crippen molar-refractivity contribution in [3.63, 3.8) is 0 Å². The lowest BCUT2D eigenvalue weighted by molar-refractivity contribution is 0.673. The number of fused-ring (bicyclic) bond motifs is 12. The van der Waals surface area contributed by atoms with Crippen molar-refractivity contribution in [3.05, 3.63) is 182 Å². The van der Waals surface area contributed by atoms with Crippen LogP contribution in [0.3, 0.4) is 0 Å². The Morgan fingerprint density at radius 3 is 1.61 bits per heavy atom. The minimum absolute atomic E-state index is 0.934. The van der Waals surface area contributed by atoms with Crippen LogP contribution in [0, 0.1) is 0 Å². The van der Waals surface area contributed by atoms with Gasteiger partial charge in [0.1, 0.15) is 11.2 Å². The van der Waals surface area contributed by atoms with E-state index < -0.39 is 0 Å². The third kappa shape index (κ3) is 4.26. The van der Waals surface area contributed by atoms with Crippen molar-refractivity contribution in [2.24, 2.45) is 0 Å².